The second kappa shape index (κ2) is 5.06. The van der Waals surface area contributed by atoms with E-state index in [2.05, 4.69) is 21.2 Å². The largest absolute Gasteiger partial charge is 0.389 e. The number of carbonyl (C=O) groups is 1. The van der Waals surface area contributed by atoms with Crippen molar-refractivity contribution in [1.82, 2.24) is 5.32 Å². The standard InChI is InChI=1S/C12H15BrN2O2/c1-8(16)9-2-3-11(10(13)6-9)15-5-4-14-12(17)7-15/h2-3,6,8,16H,4-5,7H2,1H3,(H,14,17)/t8-/m0/s1. The zero-order valence-electron chi connectivity index (χ0n) is 9.61. The first-order valence-electron chi connectivity index (χ1n) is 5.57. The maximum atomic E-state index is 11.3. The Kier molecular flexibility index (Phi) is 3.69. The molecule has 1 fully saturated rings. The molecule has 1 aliphatic heterocycles. The van der Waals surface area contributed by atoms with Crippen molar-refractivity contribution < 1.29 is 9.90 Å². The molecular weight excluding hydrogens is 284 g/mol. The van der Waals surface area contributed by atoms with E-state index in [-0.39, 0.29) is 5.91 Å². The molecule has 1 saturated heterocycles. The highest BCUT2D eigenvalue weighted by atomic mass is 79.9. The molecule has 1 aliphatic rings. The van der Waals surface area contributed by atoms with Crippen molar-refractivity contribution >= 4 is 27.5 Å². The van der Waals surface area contributed by atoms with Crippen LogP contribution in [0.5, 0.6) is 0 Å². The summed E-state index contributed by atoms with van der Waals surface area (Å²) in [6, 6.07) is 5.72. The van der Waals surface area contributed by atoms with Crippen LogP contribution in [-0.4, -0.2) is 30.6 Å². The molecule has 1 aromatic carbocycles. The van der Waals surface area contributed by atoms with E-state index >= 15 is 0 Å². The Morgan fingerprint density at radius 3 is 2.88 bits per heavy atom. The van der Waals surface area contributed by atoms with Gasteiger partial charge in [0.15, 0.2) is 0 Å². The van der Waals surface area contributed by atoms with Crippen LogP contribution in [-0.2, 0) is 4.79 Å². The van der Waals surface area contributed by atoms with Gasteiger partial charge in [0.1, 0.15) is 0 Å². The number of piperazine rings is 1. The van der Waals surface area contributed by atoms with Crippen LogP contribution in [0.4, 0.5) is 5.69 Å². The molecule has 1 aromatic rings. The van der Waals surface area contributed by atoms with Gasteiger partial charge < -0.3 is 15.3 Å². The molecule has 2 N–H and O–H groups in total. The highest BCUT2D eigenvalue weighted by Crippen LogP contribution is 2.29. The predicted octanol–water partition coefficient (Wildman–Crippen LogP) is 1.44. The molecule has 92 valence electrons. The first kappa shape index (κ1) is 12.4. The van der Waals surface area contributed by atoms with Crippen LogP contribution in [0.2, 0.25) is 0 Å². The van der Waals surface area contributed by atoms with Crippen molar-refractivity contribution in [1.29, 1.82) is 0 Å². The molecule has 1 heterocycles. The van der Waals surface area contributed by atoms with E-state index in [0.29, 0.717) is 13.1 Å². The van der Waals surface area contributed by atoms with Gasteiger partial charge in [-0.3, -0.25) is 4.79 Å². The van der Waals surface area contributed by atoms with Crippen LogP contribution in [0.1, 0.15) is 18.6 Å². The van der Waals surface area contributed by atoms with Crippen LogP contribution in [0.3, 0.4) is 0 Å². The zero-order chi connectivity index (χ0) is 12.4. The van der Waals surface area contributed by atoms with Crippen molar-refractivity contribution in [3.63, 3.8) is 0 Å². The lowest BCUT2D eigenvalue weighted by atomic mass is 10.1. The summed E-state index contributed by atoms with van der Waals surface area (Å²) >= 11 is 3.49. The quantitative estimate of drug-likeness (QED) is 0.869. The van der Waals surface area contributed by atoms with Crippen molar-refractivity contribution in [2.45, 2.75) is 13.0 Å². The number of benzene rings is 1. The van der Waals surface area contributed by atoms with Crippen LogP contribution in [0.25, 0.3) is 0 Å². The topological polar surface area (TPSA) is 52.6 Å². The fraction of sp³-hybridized carbons (Fsp3) is 0.417. The molecule has 2 rings (SSSR count). The number of nitrogens with zero attached hydrogens (tertiary/aromatic N) is 1. The molecule has 0 aliphatic carbocycles. The van der Waals surface area contributed by atoms with E-state index in [9.17, 15) is 9.90 Å². The normalized spacial score (nSPS) is 17.8. The summed E-state index contributed by atoms with van der Waals surface area (Å²) in [6.45, 7) is 3.59. The number of nitrogens with one attached hydrogen (secondary N) is 1. The molecule has 0 bridgehead atoms. The van der Waals surface area contributed by atoms with Gasteiger partial charge in [-0.25, -0.2) is 0 Å². The monoisotopic (exact) mass is 298 g/mol. The average molecular weight is 299 g/mol. The summed E-state index contributed by atoms with van der Waals surface area (Å²) in [5.41, 5.74) is 1.85. The van der Waals surface area contributed by atoms with Gasteiger partial charge in [0.25, 0.3) is 0 Å². The maximum absolute atomic E-state index is 11.3. The summed E-state index contributed by atoms with van der Waals surface area (Å²) in [5, 5.41) is 12.3. The Labute approximate surface area is 109 Å². The lowest BCUT2D eigenvalue weighted by Gasteiger charge is -2.29. The van der Waals surface area contributed by atoms with Crippen LogP contribution in [0.15, 0.2) is 22.7 Å². The van der Waals surface area contributed by atoms with Gasteiger partial charge in [0.2, 0.25) is 5.91 Å². The third-order valence-electron chi connectivity index (χ3n) is 2.83. The number of anilines is 1. The number of halogens is 1. The molecule has 0 aromatic heterocycles. The molecule has 0 saturated carbocycles. The third-order valence-corrected chi connectivity index (χ3v) is 3.47. The predicted molar refractivity (Wildman–Crippen MR) is 70.0 cm³/mol. The van der Waals surface area contributed by atoms with E-state index in [1.807, 2.05) is 23.1 Å². The van der Waals surface area contributed by atoms with Crippen LogP contribution in [0, 0.1) is 0 Å². The third kappa shape index (κ3) is 2.79. The molecule has 1 amide bonds. The van der Waals surface area contributed by atoms with Gasteiger partial charge in [0, 0.05) is 17.6 Å². The Morgan fingerprint density at radius 2 is 2.29 bits per heavy atom. The van der Waals surface area contributed by atoms with Gasteiger partial charge in [-0.15, -0.1) is 0 Å². The highest BCUT2D eigenvalue weighted by molar-refractivity contribution is 9.10. The summed E-state index contributed by atoms with van der Waals surface area (Å²) in [4.78, 5) is 13.3. The number of aliphatic hydroxyl groups is 1. The molecule has 5 heteroatoms. The number of aliphatic hydroxyl groups excluding tert-OH is 1. The van der Waals surface area contributed by atoms with E-state index in [1.165, 1.54) is 0 Å². The molecule has 1 atom stereocenters. The van der Waals surface area contributed by atoms with E-state index in [0.717, 1.165) is 22.3 Å². The van der Waals surface area contributed by atoms with Gasteiger partial charge in [-0.1, -0.05) is 6.07 Å². The van der Waals surface area contributed by atoms with Crippen molar-refractivity contribution in [2.75, 3.05) is 24.5 Å². The number of amides is 1. The minimum Gasteiger partial charge on any atom is -0.389 e. The number of carbonyl (C=O) groups excluding carboxylic acids is 1. The number of hydrogen-bond donors (Lipinski definition) is 2. The minimum atomic E-state index is -0.481. The number of rotatable bonds is 2. The Bertz CT molecular complexity index is 435. The van der Waals surface area contributed by atoms with Crippen molar-refractivity contribution in [2.24, 2.45) is 0 Å². The second-order valence-electron chi connectivity index (χ2n) is 4.16. The van der Waals surface area contributed by atoms with E-state index in [4.69, 9.17) is 0 Å². The molecule has 0 spiro atoms. The Balaban J connectivity index is 2.23. The first-order chi connectivity index (χ1) is 8.08. The fourth-order valence-electron chi connectivity index (χ4n) is 1.88. The van der Waals surface area contributed by atoms with Crippen molar-refractivity contribution in [3.05, 3.63) is 28.2 Å². The highest BCUT2D eigenvalue weighted by Gasteiger charge is 2.18. The lowest BCUT2D eigenvalue weighted by molar-refractivity contribution is -0.120. The first-order valence-corrected chi connectivity index (χ1v) is 6.36. The summed E-state index contributed by atoms with van der Waals surface area (Å²) in [5.74, 6) is 0.0442. The summed E-state index contributed by atoms with van der Waals surface area (Å²) in [6.07, 6.45) is -0.481. The zero-order valence-corrected chi connectivity index (χ0v) is 11.2. The van der Waals surface area contributed by atoms with Crippen LogP contribution < -0.4 is 10.2 Å². The van der Waals surface area contributed by atoms with Gasteiger partial charge in [0.05, 0.1) is 18.3 Å². The van der Waals surface area contributed by atoms with E-state index < -0.39 is 6.10 Å². The Morgan fingerprint density at radius 1 is 1.53 bits per heavy atom. The molecule has 4 nitrogen and oxygen atoms in total. The van der Waals surface area contributed by atoms with Crippen LogP contribution >= 0.6 is 15.9 Å². The molecule has 0 radical (unpaired) electrons. The summed E-state index contributed by atoms with van der Waals surface area (Å²) in [7, 11) is 0. The van der Waals surface area contributed by atoms with Gasteiger partial charge in [-0.05, 0) is 40.5 Å². The van der Waals surface area contributed by atoms with Gasteiger partial charge >= 0.3 is 0 Å². The van der Waals surface area contributed by atoms with Crippen molar-refractivity contribution in [3.8, 4) is 0 Å². The lowest BCUT2D eigenvalue weighted by Crippen LogP contribution is -2.47. The maximum Gasteiger partial charge on any atom is 0.239 e. The molecule has 17 heavy (non-hydrogen) atoms. The van der Waals surface area contributed by atoms with E-state index in [1.54, 1.807) is 6.92 Å². The number of hydrogen-bond acceptors (Lipinski definition) is 3. The average Bonchev–Trinajstić information content (AvgIpc) is 2.28. The summed E-state index contributed by atoms with van der Waals surface area (Å²) < 4.78 is 0.908. The SMILES string of the molecule is C[C@H](O)c1ccc(N2CCNC(=O)C2)c(Br)c1. The molecular formula is C12H15BrN2O2. The fourth-order valence-corrected chi connectivity index (χ4v) is 2.53. The second-order valence-corrected chi connectivity index (χ2v) is 5.01. The van der Waals surface area contributed by atoms with Gasteiger partial charge in [-0.2, -0.15) is 0 Å². The smallest absolute Gasteiger partial charge is 0.239 e. The molecule has 0 unspecified atom stereocenters. The minimum absolute atomic E-state index is 0.0442. The Hall–Kier alpha value is -1.07.